The fourth-order valence-electron chi connectivity index (χ4n) is 3.56. The first-order valence-electron chi connectivity index (χ1n) is 6.74. The lowest BCUT2D eigenvalue weighted by molar-refractivity contribution is 0.0211. The summed E-state index contributed by atoms with van der Waals surface area (Å²) in [7, 11) is 0. The predicted octanol–water partition coefficient (Wildman–Crippen LogP) is 1.64. The minimum absolute atomic E-state index is 0.0151. The highest BCUT2D eigenvalue weighted by atomic mass is 16.3. The number of aliphatic hydroxyl groups excluding tert-OH is 3. The highest BCUT2D eigenvalue weighted by Gasteiger charge is 2.46. The van der Waals surface area contributed by atoms with Crippen molar-refractivity contribution in [1.82, 2.24) is 0 Å². The topological polar surface area (TPSA) is 60.7 Å². The van der Waals surface area contributed by atoms with E-state index in [1.54, 1.807) is 0 Å². The molecule has 0 bridgehead atoms. The van der Waals surface area contributed by atoms with Crippen LogP contribution in [0.15, 0.2) is 23.8 Å². The normalized spacial score (nSPS) is 44.2. The number of hydrogen-bond donors (Lipinski definition) is 3. The lowest BCUT2D eigenvalue weighted by Crippen LogP contribution is -2.44. The van der Waals surface area contributed by atoms with Crippen LogP contribution in [0.25, 0.3) is 0 Å². The van der Waals surface area contributed by atoms with Gasteiger partial charge in [-0.15, -0.1) is 0 Å². The van der Waals surface area contributed by atoms with E-state index in [4.69, 9.17) is 0 Å². The standard InChI is InChI=1S/C15H24O3/c1-9(8-16)13-7-15(3)10(2)4-12(17)5-11(15)6-14(13)18/h5,10,12-14,16-18H,1,4,6-8H2,2-3H3/t10-,12+,13-,14+,15+/m0/s1. The Kier molecular flexibility index (Phi) is 3.67. The molecular weight excluding hydrogens is 228 g/mol. The van der Waals surface area contributed by atoms with Crippen LogP contribution in [0, 0.1) is 17.3 Å². The summed E-state index contributed by atoms with van der Waals surface area (Å²) in [6, 6.07) is 0. The molecule has 0 aromatic rings. The summed E-state index contributed by atoms with van der Waals surface area (Å²) in [6.45, 7) is 8.18. The van der Waals surface area contributed by atoms with E-state index in [1.165, 1.54) is 5.57 Å². The molecule has 18 heavy (non-hydrogen) atoms. The van der Waals surface area contributed by atoms with Crippen molar-refractivity contribution in [1.29, 1.82) is 0 Å². The number of rotatable bonds is 2. The van der Waals surface area contributed by atoms with Crippen molar-refractivity contribution in [3.8, 4) is 0 Å². The van der Waals surface area contributed by atoms with Gasteiger partial charge in [0.25, 0.3) is 0 Å². The van der Waals surface area contributed by atoms with Crippen molar-refractivity contribution in [2.45, 2.75) is 45.3 Å². The molecule has 5 atom stereocenters. The Hall–Kier alpha value is -0.640. The zero-order chi connectivity index (χ0) is 13.5. The average molecular weight is 252 g/mol. The Morgan fingerprint density at radius 3 is 2.78 bits per heavy atom. The third-order valence-corrected chi connectivity index (χ3v) is 5.07. The lowest BCUT2D eigenvalue weighted by atomic mass is 9.56. The van der Waals surface area contributed by atoms with Crippen molar-refractivity contribution < 1.29 is 15.3 Å². The highest BCUT2D eigenvalue weighted by molar-refractivity contribution is 5.27. The van der Waals surface area contributed by atoms with Gasteiger partial charge in [-0.1, -0.05) is 32.1 Å². The first-order chi connectivity index (χ1) is 8.38. The van der Waals surface area contributed by atoms with E-state index in [0.29, 0.717) is 12.3 Å². The minimum Gasteiger partial charge on any atom is -0.392 e. The molecule has 0 radical (unpaired) electrons. The van der Waals surface area contributed by atoms with E-state index in [0.717, 1.165) is 18.4 Å². The lowest BCUT2D eigenvalue weighted by Gasteiger charge is -2.50. The molecule has 0 aromatic heterocycles. The summed E-state index contributed by atoms with van der Waals surface area (Å²) in [6.07, 6.45) is 3.22. The van der Waals surface area contributed by atoms with Gasteiger partial charge in [0.15, 0.2) is 0 Å². The molecule has 0 aromatic carbocycles. The van der Waals surface area contributed by atoms with Crippen LogP contribution < -0.4 is 0 Å². The van der Waals surface area contributed by atoms with Crippen molar-refractivity contribution in [3.63, 3.8) is 0 Å². The van der Waals surface area contributed by atoms with Crippen molar-refractivity contribution in [2.75, 3.05) is 6.61 Å². The second-order valence-corrected chi connectivity index (χ2v) is 6.21. The van der Waals surface area contributed by atoms with E-state index < -0.39 is 6.10 Å². The number of fused-ring (bicyclic) bond motifs is 1. The van der Waals surface area contributed by atoms with Gasteiger partial charge in [0.1, 0.15) is 0 Å². The molecule has 3 nitrogen and oxygen atoms in total. The zero-order valence-electron chi connectivity index (χ0n) is 11.3. The summed E-state index contributed by atoms with van der Waals surface area (Å²) in [5.41, 5.74) is 1.91. The zero-order valence-corrected chi connectivity index (χ0v) is 11.3. The fraction of sp³-hybridized carbons (Fsp3) is 0.733. The van der Waals surface area contributed by atoms with Crippen LogP contribution in [-0.4, -0.2) is 34.1 Å². The monoisotopic (exact) mass is 252 g/mol. The van der Waals surface area contributed by atoms with Crippen LogP contribution in [0.4, 0.5) is 0 Å². The smallest absolute Gasteiger partial charge is 0.0726 e. The summed E-state index contributed by atoms with van der Waals surface area (Å²) >= 11 is 0. The Balaban J connectivity index is 2.29. The molecule has 1 saturated carbocycles. The molecule has 3 heteroatoms. The third kappa shape index (κ3) is 2.15. The van der Waals surface area contributed by atoms with Gasteiger partial charge in [0.05, 0.1) is 18.8 Å². The molecule has 0 spiro atoms. The summed E-state index contributed by atoms with van der Waals surface area (Å²) in [4.78, 5) is 0. The summed E-state index contributed by atoms with van der Waals surface area (Å²) < 4.78 is 0. The van der Waals surface area contributed by atoms with Gasteiger partial charge in [0.2, 0.25) is 0 Å². The third-order valence-electron chi connectivity index (χ3n) is 5.07. The van der Waals surface area contributed by atoms with E-state index in [9.17, 15) is 15.3 Å². The largest absolute Gasteiger partial charge is 0.392 e. The Bertz CT molecular complexity index is 374. The summed E-state index contributed by atoms with van der Waals surface area (Å²) in [5, 5.41) is 29.3. The van der Waals surface area contributed by atoms with E-state index in [-0.39, 0.29) is 24.0 Å². The molecule has 102 valence electrons. The van der Waals surface area contributed by atoms with E-state index in [1.807, 2.05) is 6.08 Å². The van der Waals surface area contributed by atoms with Crippen LogP contribution in [0.1, 0.15) is 33.1 Å². The Morgan fingerprint density at radius 1 is 1.50 bits per heavy atom. The van der Waals surface area contributed by atoms with Crippen molar-refractivity contribution >= 4 is 0 Å². The van der Waals surface area contributed by atoms with Gasteiger partial charge >= 0.3 is 0 Å². The number of hydrogen-bond acceptors (Lipinski definition) is 3. The molecule has 2 rings (SSSR count). The predicted molar refractivity (Wildman–Crippen MR) is 70.9 cm³/mol. The molecule has 0 heterocycles. The first kappa shape index (κ1) is 13.8. The fourth-order valence-corrected chi connectivity index (χ4v) is 3.56. The van der Waals surface area contributed by atoms with Gasteiger partial charge in [0, 0.05) is 5.92 Å². The maximum atomic E-state index is 10.2. The molecule has 0 saturated heterocycles. The van der Waals surface area contributed by atoms with Crippen molar-refractivity contribution in [2.24, 2.45) is 17.3 Å². The molecule has 0 unspecified atom stereocenters. The number of aliphatic hydroxyl groups is 3. The average Bonchev–Trinajstić information content (AvgIpc) is 2.31. The van der Waals surface area contributed by atoms with Gasteiger partial charge in [-0.05, 0) is 36.2 Å². The van der Waals surface area contributed by atoms with Crippen LogP contribution >= 0.6 is 0 Å². The van der Waals surface area contributed by atoms with Gasteiger partial charge in [-0.25, -0.2) is 0 Å². The van der Waals surface area contributed by atoms with Crippen LogP contribution in [-0.2, 0) is 0 Å². The molecule has 2 aliphatic rings. The minimum atomic E-state index is -0.485. The molecule has 0 aliphatic heterocycles. The van der Waals surface area contributed by atoms with Gasteiger partial charge in [-0.2, -0.15) is 0 Å². The van der Waals surface area contributed by atoms with Crippen LogP contribution in [0.5, 0.6) is 0 Å². The Morgan fingerprint density at radius 2 is 2.17 bits per heavy atom. The second-order valence-electron chi connectivity index (χ2n) is 6.21. The maximum Gasteiger partial charge on any atom is 0.0726 e. The first-order valence-corrected chi connectivity index (χ1v) is 6.74. The highest BCUT2D eigenvalue weighted by Crippen LogP contribution is 2.53. The molecule has 0 amide bonds. The van der Waals surface area contributed by atoms with Crippen LogP contribution in [0.2, 0.25) is 0 Å². The Labute approximate surface area is 109 Å². The quantitative estimate of drug-likeness (QED) is 0.655. The van der Waals surface area contributed by atoms with E-state index in [2.05, 4.69) is 20.4 Å². The maximum absolute atomic E-state index is 10.2. The van der Waals surface area contributed by atoms with Crippen molar-refractivity contribution in [3.05, 3.63) is 23.8 Å². The van der Waals surface area contributed by atoms with Crippen LogP contribution in [0.3, 0.4) is 0 Å². The SMILES string of the molecule is C=C(CO)[C@@H]1C[C@@]2(C)C(=C[C@H](O)C[C@@H]2C)C[C@H]1O. The summed E-state index contributed by atoms with van der Waals surface area (Å²) in [5.74, 6) is 0.351. The van der Waals surface area contributed by atoms with Gasteiger partial charge in [-0.3, -0.25) is 0 Å². The van der Waals surface area contributed by atoms with Gasteiger partial charge < -0.3 is 15.3 Å². The van der Waals surface area contributed by atoms with E-state index >= 15 is 0 Å². The second kappa shape index (κ2) is 4.80. The molecular formula is C15H24O3. The molecule has 2 aliphatic carbocycles. The molecule has 1 fully saturated rings. The molecule has 3 N–H and O–H groups in total.